The van der Waals surface area contributed by atoms with Gasteiger partial charge in [0.05, 0.1) is 24.7 Å². The largest absolute Gasteiger partial charge is 0.465 e. The SMILES string of the molecule is C=CCCCOC(=O)[C@@H]1[C@H]2C(=O)N(CCO)C(C(=O)N(CC=C)c3c(C)cccc3C)C23CC(C)[C@@]1(C)O3. The Morgan fingerprint density at radius 1 is 1.26 bits per heavy atom. The second-order valence-electron chi connectivity index (χ2n) is 11.0. The monoisotopic (exact) mass is 524 g/mol. The molecule has 3 saturated heterocycles. The van der Waals surface area contributed by atoms with Crippen molar-refractivity contribution in [3.05, 3.63) is 54.6 Å². The molecule has 1 spiro atoms. The van der Waals surface area contributed by atoms with Crippen molar-refractivity contribution in [2.45, 2.75) is 64.2 Å². The second-order valence-corrected chi connectivity index (χ2v) is 11.0. The maximum Gasteiger partial charge on any atom is 0.312 e. The molecule has 8 heteroatoms. The van der Waals surface area contributed by atoms with Crippen LogP contribution in [0.5, 0.6) is 0 Å². The molecule has 2 amide bonds. The number of hydrogen-bond acceptors (Lipinski definition) is 6. The summed E-state index contributed by atoms with van der Waals surface area (Å²) in [5.74, 6) is -2.91. The first-order chi connectivity index (χ1) is 18.1. The molecule has 4 rings (SSSR count). The second kappa shape index (κ2) is 10.7. The standard InChI is InChI=1S/C30H40N2O6/c1-7-9-10-17-37-28(36)23-22-26(34)32(15-16-33)25(30(22)18-21(5)29(23,6)38-30)27(35)31(14-8-2)24-19(3)12-11-13-20(24)4/h7-8,11-13,21-23,25,33H,1-2,9-10,14-18H2,3-6H3/t21?,22-,23-,25?,29+,30?/m0/s1. The Balaban J connectivity index is 1.78. The molecule has 3 aliphatic heterocycles. The number of ether oxygens (including phenoxy) is 2. The quantitative estimate of drug-likeness (QED) is 0.271. The number of benzene rings is 1. The van der Waals surface area contributed by atoms with Crippen LogP contribution in [0, 0.1) is 31.6 Å². The van der Waals surface area contributed by atoms with E-state index in [1.54, 1.807) is 17.1 Å². The molecular weight excluding hydrogens is 484 g/mol. The number of allylic oxidation sites excluding steroid dienone is 1. The lowest BCUT2D eigenvalue weighted by atomic mass is 9.62. The molecule has 1 aromatic carbocycles. The summed E-state index contributed by atoms with van der Waals surface area (Å²) < 4.78 is 12.3. The van der Waals surface area contributed by atoms with Gasteiger partial charge in [-0.15, -0.1) is 13.2 Å². The van der Waals surface area contributed by atoms with Crippen LogP contribution in [0.25, 0.3) is 0 Å². The number of esters is 1. The molecule has 1 aromatic rings. The summed E-state index contributed by atoms with van der Waals surface area (Å²) in [7, 11) is 0. The number of nitrogens with zero attached hydrogens (tertiary/aromatic N) is 2. The van der Waals surface area contributed by atoms with Crippen LogP contribution in [-0.2, 0) is 23.9 Å². The Labute approximate surface area is 225 Å². The third-order valence-electron chi connectivity index (χ3n) is 8.73. The number of likely N-dealkylation sites (tertiary alicyclic amines) is 1. The summed E-state index contributed by atoms with van der Waals surface area (Å²) in [5, 5.41) is 9.89. The highest BCUT2D eigenvalue weighted by Crippen LogP contribution is 2.65. The molecule has 3 heterocycles. The molecule has 0 saturated carbocycles. The Bertz CT molecular complexity index is 1110. The minimum Gasteiger partial charge on any atom is -0.465 e. The Kier molecular flexibility index (Phi) is 7.86. The maximum atomic E-state index is 14.5. The fourth-order valence-electron chi connectivity index (χ4n) is 7.01. The number of amides is 2. The van der Waals surface area contributed by atoms with Gasteiger partial charge in [-0.25, -0.2) is 0 Å². The molecule has 0 aromatic heterocycles. The highest BCUT2D eigenvalue weighted by molar-refractivity contribution is 6.05. The van der Waals surface area contributed by atoms with Gasteiger partial charge in [0.1, 0.15) is 17.6 Å². The summed E-state index contributed by atoms with van der Waals surface area (Å²) in [6, 6.07) is 4.83. The number of hydrogen-bond donors (Lipinski definition) is 1. The highest BCUT2D eigenvalue weighted by Gasteiger charge is 2.80. The van der Waals surface area contributed by atoms with E-state index in [9.17, 15) is 19.5 Å². The number of rotatable bonds is 11. The van der Waals surface area contributed by atoms with E-state index in [-0.39, 0.29) is 44.0 Å². The van der Waals surface area contributed by atoms with Crippen LogP contribution in [0.3, 0.4) is 0 Å². The van der Waals surface area contributed by atoms with Gasteiger partial charge in [0.15, 0.2) is 0 Å². The van der Waals surface area contributed by atoms with Crippen LogP contribution < -0.4 is 4.90 Å². The maximum absolute atomic E-state index is 14.5. The predicted octanol–water partition coefficient (Wildman–Crippen LogP) is 3.33. The lowest BCUT2D eigenvalue weighted by molar-refractivity contribution is -0.161. The van der Waals surface area contributed by atoms with E-state index < -0.39 is 35.0 Å². The van der Waals surface area contributed by atoms with Crippen molar-refractivity contribution in [3.63, 3.8) is 0 Å². The van der Waals surface area contributed by atoms with Crippen LogP contribution in [0.4, 0.5) is 5.69 Å². The van der Waals surface area contributed by atoms with Gasteiger partial charge in [0, 0.05) is 18.8 Å². The van der Waals surface area contributed by atoms with Crippen molar-refractivity contribution in [2.24, 2.45) is 17.8 Å². The number of fused-ring (bicyclic) bond motifs is 1. The lowest BCUT2D eigenvalue weighted by Crippen LogP contribution is -2.57. The number of carbonyl (C=O) groups is 3. The number of carbonyl (C=O) groups excluding carboxylic acids is 3. The summed E-state index contributed by atoms with van der Waals surface area (Å²) >= 11 is 0. The van der Waals surface area contributed by atoms with Crippen molar-refractivity contribution < 1.29 is 29.0 Å². The fraction of sp³-hybridized carbons (Fsp3) is 0.567. The lowest BCUT2D eigenvalue weighted by Gasteiger charge is -2.37. The predicted molar refractivity (Wildman–Crippen MR) is 144 cm³/mol. The van der Waals surface area contributed by atoms with Crippen molar-refractivity contribution in [3.8, 4) is 0 Å². The van der Waals surface area contributed by atoms with E-state index >= 15 is 0 Å². The molecule has 8 nitrogen and oxygen atoms in total. The van der Waals surface area contributed by atoms with Crippen LogP contribution in [0.2, 0.25) is 0 Å². The first-order valence-electron chi connectivity index (χ1n) is 13.5. The zero-order valence-corrected chi connectivity index (χ0v) is 22.9. The summed E-state index contributed by atoms with van der Waals surface area (Å²) in [6.07, 6.45) is 5.23. The van der Waals surface area contributed by atoms with Crippen LogP contribution >= 0.6 is 0 Å². The van der Waals surface area contributed by atoms with Gasteiger partial charge in [-0.1, -0.05) is 37.3 Å². The third-order valence-corrected chi connectivity index (χ3v) is 8.73. The average molecular weight is 525 g/mol. The minimum absolute atomic E-state index is 0.0300. The molecular formula is C30H40N2O6. The smallest absolute Gasteiger partial charge is 0.312 e. The van der Waals surface area contributed by atoms with Crippen molar-refractivity contribution in [2.75, 3.05) is 31.2 Å². The summed E-state index contributed by atoms with van der Waals surface area (Å²) in [4.78, 5) is 45.1. The molecule has 0 radical (unpaired) electrons. The summed E-state index contributed by atoms with van der Waals surface area (Å²) in [6.45, 7) is 15.4. The van der Waals surface area contributed by atoms with E-state index in [0.717, 1.165) is 16.8 Å². The third kappa shape index (κ3) is 4.18. The average Bonchev–Trinajstić information content (AvgIpc) is 3.38. The van der Waals surface area contributed by atoms with Crippen molar-refractivity contribution in [1.82, 2.24) is 4.90 Å². The van der Waals surface area contributed by atoms with E-state index in [1.807, 2.05) is 45.9 Å². The van der Waals surface area contributed by atoms with Gasteiger partial charge in [0.25, 0.3) is 5.91 Å². The topological polar surface area (TPSA) is 96.4 Å². The number of unbranched alkanes of at least 4 members (excludes halogenated alkanes) is 1. The first-order valence-corrected chi connectivity index (χ1v) is 13.5. The molecule has 3 unspecified atom stereocenters. The van der Waals surface area contributed by atoms with Gasteiger partial charge in [-0.3, -0.25) is 14.4 Å². The van der Waals surface area contributed by atoms with Gasteiger partial charge in [0.2, 0.25) is 5.91 Å². The van der Waals surface area contributed by atoms with Crippen LogP contribution in [0.15, 0.2) is 43.5 Å². The van der Waals surface area contributed by atoms with Gasteiger partial charge >= 0.3 is 5.97 Å². The zero-order valence-electron chi connectivity index (χ0n) is 22.9. The van der Waals surface area contributed by atoms with Gasteiger partial charge < -0.3 is 24.4 Å². The van der Waals surface area contributed by atoms with Crippen LogP contribution in [-0.4, -0.2) is 71.3 Å². The minimum atomic E-state index is -1.20. The molecule has 2 bridgehead atoms. The van der Waals surface area contributed by atoms with Gasteiger partial charge in [-0.05, 0) is 57.1 Å². The molecule has 38 heavy (non-hydrogen) atoms. The molecule has 206 valence electrons. The fourth-order valence-corrected chi connectivity index (χ4v) is 7.01. The van der Waals surface area contributed by atoms with Crippen molar-refractivity contribution in [1.29, 1.82) is 0 Å². The number of aryl methyl sites for hydroxylation is 2. The van der Waals surface area contributed by atoms with Crippen LogP contribution in [0.1, 0.15) is 44.2 Å². The molecule has 1 N–H and O–H groups in total. The number of β-amino-alcohol motifs (C(OH)–C–C–N with tert-alkyl or cyclic N) is 1. The van der Waals surface area contributed by atoms with Crippen molar-refractivity contribution >= 4 is 23.5 Å². The first kappa shape index (κ1) is 28.0. The zero-order chi connectivity index (χ0) is 27.8. The van der Waals surface area contributed by atoms with E-state index in [0.29, 0.717) is 19.3 Å². The molecule has 3 aliphatic rings. The van der Waals surface area contributed by atoms with E-state index in [1.165, 1.54) is 4.90 Å². The summed E-state index contributed by atoms with van der Waals surface area (Å²) in [5.41, 5.74) is 0.467. The number of anilines is 1. The molecule has 3 fully saturated rings. The Morgan fingerprint density at radius 2 is 1.95 bits per heavy atom. The normalized spacial score (nSPS) is 31.3. The molecule has 6 atom stereocenters. The highest BCUT2D eigenvalue weighted by atomic mass is 16.6. The van der Waals surface area contributed by atoms with Gasteiger partial charge in [-0.2, -0.15) is 0 Å². The van der Waals surface area contributed by atoms with E-state index in [4.69, 9.17) is 9.47 Å². The number of para-hydroxylation sites is 1. The number of aliphatic hydroxyl groups is 1. The molecule has 0 aliphatic carbocycles. The number of aliphatic hydroxyl groups excluding tert-OH is 1. The Morgan fingerprint density at radius 3 is 2.55 bits per heavy atom. The van der Waals surface area contributed by atoms with E-state index in [2.05, 4.69) is 13.2 Å². The Hall–Kier alpha value is -2.97.